The summed E-state index contributed by atoms with van der Waals surface area (Å²) in [6, 6.07) is 7.87. The molecule has 0 saturated carbocycles. The van der Waals surface area contributed by atoms with E-state index in [2.05, 4.69) is 24.1 Å². The molecule has 0 radical (unpaired) electrons. The second kappa shape index (κ2) is 6.99. The van der Waals surface area contributed by atoms with Gasteiger partial charge in [0, 0.05) is 38.1 Å². The zero-order valence-electron chi connectivity index (χ0n) is 12.1. The van der Waals surface area contributed by atoms with Crippen LogP contribution in [0.3, 0.4) is 0 Å². The lowest BCUT2D eigenvalue weighted by Crippen LogP contribution is -2.33. The van der Waals surface area contributed by atoms with Gasteiger partial charge in [0.2, 0.25) is 0 Å². The molecule has 0 heterocycles. The van der Waals surface area contributed by atoms with E-state index in [4.69, 9.17) is 5.11 Å². The van der Waals surface area contributed by atoms with Crippen LogP contribution in [-0.2, 0) is 0 Å². The second-order valence-corrected chi connectivity index (χ2v) is 4.83. The number of amides is 2. The summed E-state index contributed by atoms with van der Waals surface area (Å²) in [4.78, 5) is 15.4. The van der Waals surface area contributed by atoms with E-state index >= 15 is 0 Å². The molecule has 106 valence electrons. The number of aliphatic hydroxyl groups excluding tert-OH is 1. The SMILES string of the molecule is CC(C)N(C)c1cccc(NC(=O)N(C)CCO)c1. The van der Waals surface area contributed by atoms with Gasteiger partial charge in [-0.15, -0.1) is 0 Å². The van der Waals surface area contributed by atoms with Gasteiger partial charge in [-0.1, -0.05) is 6.07 Å². The first-order chi connectivity index (χ1) is 8.95. The number of anilines is 2. The highest BCUT2D eigenvalue weighted by atomic mass is 16.3. The number of urea groups is 1. The number of carbonyl (C=O) groups is 1. The molecule has 19 heavy (non-hydrogen) atoms. The number of likely N-dealkylation sites (N-methyl/N-ethyl adjacent to an activating group) is 1. The molecule has 0 aromatic heterocycles. The van der Waals surface area contributed by atoms with Crippen molar-refractivity contribution in [1.82, 2.24) is 4.90 Å². The van der Waals surface area contributed by atoms with Crippen LogP contribution in [0.1, 0.15) is 13.8 Å². The van der Waals surface area contributed by atoms with Crippen molar-refractivity contribution < 1.29 is 9.90 Å². The van der Waals surface area contributed by atoms with Gasteiger partial charge in [-0.25, -0.2) is 4.79 Å². The highest BCUT2D eigenvalue weighted by molar-refractivity contribution is 5.89. The minimum Gasteiger partial charge on any atom is -0.395 e. The molecule has 5 heteroatoms. The lowest BCUT2D eigenvalue weighted by atomic mass is 10.2. The topological polar surface area (TPSA) is 55.8 Å². The molecule has 1 aromatic carbocycles. The van der Waals surface area contributed by atoms with Crippen LogP contribution in [0, 0.1) is 0 Å². The van der Waals surface area contributed by atoms with Gasteiger partial charge in [0.05, 0.1) is 6.61 Å². The highest BCUT2D eigenvalue weighted by Gasteiger charge is 2.09. The Balaban J connectivity index is 2.74. The van der Waals surface area contributed by atoms with Crippen molar-refractivity contribution >= 4 is 17.4 Å². The van der Waals surface area contributed by atoms with Crippen LogP contribution < -0.4 is 10.2 Å². The van der Waals surface area contributed by atoms with Crippen LogP contribution in [0.5, 0.6) is 0 Å². The third-order valence-electron chi connectivity index (χ3n) is 3.06. The molecule has 1 rings (SSSR count). The van der Waals surface area contributed by atoms with Crippen LogP contribution in [0.15, 0.2) is 24.3 Å². The van der Waals surface area contributed by atoms with Crippen LogP contribution in [0.2, 0.25) is 0 Å². The Labute approximate surface area is 114 Å². The first kappa shape index (κ1) is 15.3. The fourth-order valence-electron chi connectivity index (χ4n) is 1.57. The molecule has 0 aliphatic carbocycles. The number of aliphatic hydroxyl groups is 1. The first-order valence-corrected chi connectivity index (χ1v) is 6.41. The van der Waals surface area contributed by atoms with E-state index in [-0.39, 0.29) is 12.6 Å². The number of nitrogens with one attached hydrogen (secondary N) is 1. The summed E-state index contributed by atoms with van der Waals surface area (Å²) in [5.74, 6) is 0. The summed E-state index contributed by atoms with van der Waals surface area (Å²) < 4.78 is 0. The van der Waals surface area contributed by atoms with E-state index in [1.54, 1.807) is 7.05 Å². The Morgan fingerprint density at radius 2 is 2.05 bits per heavy atom. The molecule has 0 bridgehead atoms. The number of rotatable bonds is 5. The van der Waals surface area contributed by atoms with E-state index in [9.17, 15) is 4.79 Å². The summed E-state index contributed by atoms with van der Waals surface area (Å²) >= 11 is 0. The predicted molar refractivity (Wildman–Crippen MR) is 78.7 cm³/mol. The molecule has 0 aliphatic heterocycles. The predicted octanol–water partition coefficient (Wildman–Crippen LogP) is 1.99. The lowest BCUT2D eigenvalue weighted by Gasteiger charge is -2.24. The van der Waals surface area contributed by atoms with Crippen LogP contribution in [0.25, 0.3) is 0 Å². The molecule has 0 aliphatic rings. The van der Waals surface area contributed by atoms with Crippen molar-refractivity contribution in [3.63, 3.8) is 0 Å². The van der Waals surface area contributed by atoms with Crippen molar-refractivity contribution in [2.45, 2.75) is 19.9 Å². The summed E-state index contributed by atoms with van der Waals surface area (Å²) in [5, 5.41) is 11.6. The summed E-state index contributed by atoms with van der Waals surface area (Å²) in [7, 11) is 3.67. The van der Waals surface area contributed by atoms with Crippen molar-refractivity contribution in [1.29, 1.82) is 0 Å². The molecule has 0 saturated heterocycles. The van der Waals surface area contributed by atoms with E-state index in [0.29, 0.717) is 12.6 Å². The molecule has 5 nitrogen and oxygen atoms in total. The molecule has 2 N–H and O–H groups in total. The maximum absolute atomic E-state index is 11.8. The maximum atomic E-state index is 11.8. The Kier molecular flexibility index (Phi) is 5.63. The van der Waals surface area contributed by atoms with Crippen molar-refractivity contribution in [2.75, 3.05) is 37.5 Å². The molecule has 1 aromatic rings. The van der Waals surface area contributed by atoms with Gasteiger partial charge in [-0.3, -0.25) is 0 Å². The van der Waals surface area contributed by atoms with Gasteiger partial charge in [0.15, 0.2) is 0 Å². The van der Waals surface area contributed by atoms with Gasteiger partial charge < -0.3 is 20.2 Å². The summed E-state index contributed by atoms with van der Waals surface area (Å²) in [5.41, 5.74) is 1.80. The minimum atomic E-state index is -0.224. The number of nitrogens with zero attached hydrogens (tertiary/aromatic N) is 2. The molecular weight excluding hydrogens is 242 g/mol. The highest BCUT2D eigenvalue weighted by Crippen LogP contribution is 2.20. The van der Waals surface area contributed by atoms with E-state index in [1.807, 2.05) is 31.3 Å². The third-order valence-corrected chi connectivity index (χ3v) is 3.06. The van der Waals surface area contributed by atoms with Gasteiger partial charge >= 0.3 is 6.03 Å². The lowest BCUT2D eigenvalue weighted by molar-refractivity contribution is 0.202. The zero-order chi connectivity index (χ0) is 14.4. The average Bonchev–Trinajstić information content (AvgIpc) is 2.38. The largest absolute Gasteiger partial charge is 0.395 e. The number of hydrogen-bond donors (Lipinski definition) is 2. The number of benzene rings is 1. The zero-order valence-corrected chi connectivity index (χ0v) is 12.1. The monoisotopic (exact) mass is 265 g/mol. The smallest absolute Gasteiger partial charge is 0.321 e. The van der Waals surface area contributed by atoms with Gasteiger partial charge in [0.1, 0.15) is 0 Å². The summed E-state index contributed by atoms with van der Waals surface area (Å²) in [6.45, 7) is 4.50. The van der Waals surface area contributed by atoms with Gasteiger partial charge in [-0.2, -0.15) is 0 Å². The van der Waals surface area contributed by atoms with E-state index in [1.165, 1.54) is 4.90 Å². The Bertz CT molecular complexity index is 421. The fraction of sp³-hybridized carbons (Fsp3) is 0.500. The Morgan fingerprint density at radius 1 is 1.37 bits per heavy atom. The normalized spacial score (nSPS) is 10.4. The fourth-order valence-corrected chi connectivity index (χ4v) is 1.57. The van der Waals surface area contributed by atoms with Crippen LogP contribution >= 0.6 is 0 Å². The van der Waals surface area contributed by atoms with Gasteiger partial charge in [0.25, 0.3) is 0 Å². The van der Waals surface area contributed by atoms with E-state index < -0.39 is 0 Å². The Hall–Kier alpha value is -1.75. The van der Waals surface area contributed by atoms with Crippen molar-refractivity contribution in [3.8, 4) is 0 Å². The molecular formula is C14H23N3O2. The second-order valence-electron chi connectivity index (χ2n) is 4.83. The summed E-state index contributed by atoms with van der Waals surface area (Å²) in [6.07, 6.45) is 0. The number of carbonyl (C=O) groups excluding carboxylic acids is 1. The van der Waals surface area contributed by atoms with Gasteiger partial charge in [-0.05, 0) is 32.0 Å². The molecule has 0 fully saturated rings. The van der Waals surface area contributed by atoms with Crippen LogP contribution in [-0.4, -0.2) is 49.3 Å². The van der Waals surface area contributed by atoms with Crippen molar-refractivity contribution in [2.24, 2.45) is 0 Å². The minimum absolute atomic E-state index is 0.0416. The molecule has 0 spiro atoms. The van der Waals surface area contributed by atoms with Crippen molar-refractivity contribution in [3.05, 3.63) is 24.3 Å². The average molecular weight is 265 g/mol. The maximum Gasteiger partial charge on any atom is 0.321 e. The first-order valence-electron chi connectivity index (χ1n) is 6.41. The molecule has 0 atom stereocenters. The standard InChI is InChI=1S/C14H23N3O2/c1-11(2)17(4)13-7-5-6-12(10-13)15-14(19)16(3)8-9-18/h5-7,10-11,18H,8-9H2,1-4H3,(H,15,19). The van der Waals surface area contributed by atoms with Crippen LogP contribution in [0.4, 0.5) is 16.2 Å². The molecule has 2 amide bonds. The third kappa shape index (κ3) is 4.44. The van der Waals surface area contributed by atoms with E-state index in [0.717, 1.165) is 11.4 Å². The Morgan fingerprint density at radius 3 is 2.63 bits per heavy atom. The quantitative estimate of drug-likeness (QED) is 0.856. The molecule has 0 unspecified atom stereocenters. The number of hydrogen-bond acceptors (Lipinski definition) is 3.